The van der Waals surface area contributed by atoms with Gasteiger partial charge in [0.15, 0.2) is 15.7 Å². The van der Waals surface area contributed by atoms with E-state index in [0.717, 1.165) is 5.56 Å². The third-order valence-electron chi connectivity index (χ3n) is 6.28. The molecule has 3 aromatic heterocycles. The van der Waals surface area contributed by atoms with Crippen molar-refractivity contribution >= 4 is 51.0 Å². The quantitative estimate of drug-likeness (QED) is 0.303. The van der Waals surface area contributed by atoms with Gasteiger partial charge in [0.1, 0.15) is 5.65 Å². The van der Waals surface area contributed by atoms with E-state index in [1.165, 1.54) is 10.6 Å². The van der Waals surface area contributed by atoms with Crippen molar-refractivity contribution in [3.8, 4) is 0 Å². The number of sulfone groups is 1. The van der Waals surface area contributed by atoms with Crippen LogP contribution in [0.2, 0.25) is 0 Å². The Kier molecular flexibility index (Phi) is 7.54. The number of alkyl halides is 3. The number of aromatic nitrogens is 4. The summed E-state index contributed by atoms with van der Waals surface area (Å²) in [6.45, 7) is 1.39. The Morgan fingerprint density at radius 1 is 0.975 bits per heavy atom. The molecule has 0 atom stereocenters. The summed E-state index contributed by atoms with van der Waals surface area (Å²) in [5.41, 5.74) is 2.43. The van der Waals surface area contributed by atoms with E-state index in [1.54, 1.807) is 72.5 Å². The van der Waals surface area contributed by atoms with E-state index in [9.17, 15) is 26.4 Å². The van der Waals surface area contributed by atoms with Gasteiger partial charge >= 0.3 is 12.1 Å². The van der Waals surface area contributed by atoms with Crippen molar-refractivity contribution in [3.05, 3.63) is 72.3 Å². The van der Waals surface area contributed by atoms with Crippen molar-refractivity contribution in [1.29, 1.82) is 0 Å². The van der Waals surface area contributed by atoms with Crippen LogP contribution in [0.4, 0.5) is 30.6 Å². The third-order valence-corrected chi connectivity index (χ3v) is 8.56. The number of halogens is 3. The summed E-state index contributed by atoms with van der Waals surface area (Å²) >= 11 is 0. The second kappa shape index (κ2) is 11.1. The average Bonchev–Trinajstić information content (AvgIpc) is 3.34. The molecule has 5 rings (SSSR count). The number of nitrogens with zero attached hydrogens (tertiary/aromatic N) is 4. The number of piperidine rings is 1. The molecule has 0 spiro atoms. The molecule has 40 heavy (non-hydrogen) atoms. The highest BCUT2D eigenvalue weighted by Crippen LogP contribution is 2.24. The van der Waals surface area contributed by atoms with Crippen LogP contribution in [0.15, 0.2) is 66.1 Å². The lowest BCUT2D eigenvalue weighted by molar-refractivity contribution is -0.167. The first-order chi connectivity index (χ1) is 19.1. The number of imidazole rings is 1. The van der Waals surface area contributed by atoms with Crippen molar-refractivity contribution in [2.24, 2.45) is 0 Å². The largest absolute Gasteiger partial charge is 0.471 e. The number of hydrogen-bond donors (Lipinski definition) is 3. The molecular formula is C26H24F3N7O3S. The van der Waals surface area contributed by atoms with Crippen LogP contribution in [0.5, 0.6) is 0 Å². The predicted molar refractivity (Wildman–Crippen MR) is 144 cm³/mol. The summed E-state index contributed by atoms with van der Waals surface area (Å²) in [4.78, 5) is 24.0. The van der Waals surface area contributed by atoms with Crippen LogP contribution in [0, 0.1) is 0 Å². The fourth-order valence-electron chi connectivity index (χ4n) is 4.19. The molecule has 10 nitrogen and oxygen atoms in total. The van der Waals surface area contributed by atoms with Gasteiger partial charge in [-0.25, -0.2) is 23.4 Å². The summed E-state index contributed by atoms with van der Waals surface area (Å²) in [6, 6.07) is 9.85. The lowest BCUT2D eigenvalue weighted by Gasteiger charge is -2.22. The lowest BCUT2D eigenvalue weighted by Crippen LogP contribution is -2.35. The molecule has 1 aliphatic heterocycles. The minimum Gasteiger partial charge on any atom is -0.324 e. The number of anilines is 3. The topological polar surface area (TPSA) is 130 Å². The first-order valence-electron chi connectivity index (χ1n) is 12.3. The number of carbonyl (C=O) groups excluding carboxylic acids is 1. The number of nitrogens with one attached hydrogen (secondary N) is 3. The molecule has 0 unspecified atom stereocenters. The molecule has 1 saturated heterocycles. The van der Waals surface area contributed by atoms with E-state index >= 15 is 0 Å². The lowest BCUT2D eigenvalue weighted by atomic mass is 10.2. The normalized spacial score (nSPS) is 15.0. The fraction of sp³-hybridized carbons (Fsp3) is 0.231. The van der Waals surface area contributed by atoms with Crippen molar-refractivity contribution in [2.45, 2.75) is 29.2 Å². The van der Waals surface area contributed by atoms with E-state index in [-0.39, 0.29) is 11.1 Å². The van der Waals surface area contributed by atoms with E-state index in [2.05, 4.69) is 25.6 Å². The van der Waals surface area contributed by atoms with E-state index in [0.29, 0.717) is 53.7 Å². The second-order valence-corrected chi connectivity index (χ2v) is 11.4. The van der Waals surface area contributed by atoms with Gasteiger partial charge < -0.3 is 20.4 Å². The van der Waals surface area contributed by atoms with Gasteiger partial charge in [0.05, 0.1) is 16.3 Å². The van der Waals surface area contributed by atoms with Crippen LogP contribution >= 0.6 is 0 Å². The fourth-order valence-corrected chi connectivity index (χ4v) is 5.95. The van der Waals surface area contributed by atoms with Gasteiger partial charge in [0, 0.05) is 29.8 Å². The Hall–Kier alpha value is -4.30. The molecule has 208 valence electrons. The van der Waals surface area contributed by atoms with Crippen molar-refractivity contribution in [1.82, 2.24) is 24.7 Å². The van der Waals surface area contributed by atoms with Gasteiger partial charge in [0.2, 0.25) is 5.95 Å². The van der Waals surface area contributed by atoms with E-state index in [4.69, 9.17) is 0 Å². The summed E-state index contributed by atoms with van der Waals surface area (Å²) in [7, 11) is -3.38. The summed E-state index contributed by atoms with van der Waals surface area (Å²) in [5.74, 6) is -1.97. The number of carbonyl (C=O) groups is 1. The molecule has 4 heterocycles. The van der Waals surface area contributed by atoms with Gasteiger partial charge in [-0.1, -0.05) is 12.2 Å². The molecule has 14 heteroatoms. The zero-order valence-electron chi connectivity index (χ0n) is 20.9. The maximum atomic E-state index is 12.9. The van der Waals surface area contributed by atoms with Crippen LogP contribution < -0.4 is 16.0 Å². The Morgan fingerprint density at radius 2 is 1.65 bits per heavy atom. The zero-order chi connectivity index (χ0) is 28.3. The van der Waals surface area contributed by atoms with Crippen LogP contribution in [0.1, 0.15) is 24.0 Å². The summed E-state index contributed by atoms with van der Waals surface area (Å²) in [5, 5.41) is 7.58. The van der Waals surface area contributed by atoms with Gasteiger partial charge in [-0.2, -0.15) is 13.2 Å². The maximum absolute atomic E-state index is 12.9. The maximum Gasteiger partial charge on any atom is 0.471 e. The molecule has 0 aliphatic carbocycles. The molecular weight excluding hydrogens is 547 g/mol. The number of amides is 1. The Bertz CT molecular complexity index is 1650. The SMILES string of the molecule is O=C(Nc1cn2cc(C=Cc3cnc(Nc4ccc(S(=O)(=O)C5CCNCC5)cc4)nc3)ccc2n1)C(F)(F)F. The smallest absolute Gasteiger partial charge is 0.324 e. The van der Waals surface area contributed by atoms with E-state index < -0.39 is 21.9 Å². The molecule has 1 aliphatic rings. The van der Waals surface area contributed by atoms with Gasteiger partial charge in [0.25, 0.3) is 0 Å². The molecule has 1 amide bonds. The van der Waals surface area contributed by atoms with Crippen LogP contribution in [0.25, 0.3) is 17.8 Å². The van der Waals surface area contributed by atoms with Crippen LogP contribution in [-0.4, -0.2) is 58.2 Å². The Balaban J connectivity index is 1.21. The van der Waals surface area contributed by atoms with Crippen LogP contribution in [-0.2, 0) is 14.6 Å². The highest BCUT2D eigenvalue weighted by atomic mass is 32.2. The number of rotatable bonds is 7. The predicted octanol–water partition coefficient (Wildman–Crippen LogP) is 4.06. The zero-order valence-corrected chi connectivity index (χ0v) is 21.7. The minimum absolute atomic E-state index is 0.210. The first kappa shape index (κ1) is 27.3. The molecule has 0 saturated carbocycles. The van der Waals surface area contributed by atoms with Crippen molar-refractivity contribution in [3.63, 3.8) is 0 Å². The minimum atomic E-state index is -5.00. The molecule has 4 aromatic rings. The molecule has 1 aromatic carbocycles. The van der Waals surface area contributed by atoms with Crippen molar-refractivity contribution < 1.29 is 26.4 Å². The van der Waals surface area contributed by atoms with Crippen LogP contribution in [0.3, 0.4) is 0 Å². The number of pyridine rings is 1. The van der Waals surface area contributed by atoms with Gasteiger partial charge in [-0.3, -0.25) is 4.79 Å². The highest BCUT2D eigenvalue weighted by Gasteiger charge is 2.39. The molecule has 0 radical (unpaired) electrons. The van der Waals surface area contributed by atoms with Gasteiger partial charge in [-0.05, 0) is 67.9 Å². The first-order valence-corrected chi connectivity index (χ1v) is 13.8. The standard InChI is InChI=1S/C26H24F3N7O3S/c27-26(28,29)24(37)35-22-16-36-15-17(3-8-23(36)34-22)1-2-18-13-31-25(32-14-18)33-19-4-6-20(7-5-19)40(38,39)21-9-11-30-12-10-21/h1-8,13-16,21,30H,9-12H2,(H,35,37)(H,31,32,33). The molecule has 1 fully saturated rings. The average molecular weight is 572 g/mol. The van der Waals surface area contributed by atoms with Gasteiger partial charge in [-0.15, -0.1) is 0 Å². The van der Waals surface area contributed by atoms with Crippen molar-refractivity contribution in [2.75, 3.05) is 23.7 Å². The molecule has 0 bridgehead atoms. The number of fused-ring (bicyclic) bond motifs is 1. The Morgan fingerprint density at radius 3 is 2.33 bits per heavy atom. The second-order valence-electron chi connectivity index (χ2n) is 9.12. The van der Waals surface area contributed by atoms with E-state index in [1.807, 2.05) is 0 Å². The summed E-state index contributed by atoms with van der Waals surface area (Å²) < 4.78 is 64.6. The molecule has 3 N–H and O–H groups in total. The Labute approximate surface area is 227 Å². The number of hydrogen-bond acceptors (Lipinski definition) is 8. The third kappa shape index (κ3) is 6.29. The number of benzene rings is 1. The summed E-state index contributed by atoms with van der Waals surface area (Å²) in [6.07, 6.45) is 5.85. The highest BCUT2D eigenvalue weighted by molar-refractivity contribution is 7.92. The monoisotopic (exact) mass is 571 g/mol.